The number of nitrogens with zero attached hydrogens (tertiary/aromatic N) is 1. The summed E-state index contributed by atoms with van der Waals surface area (Å²) in [6, 6.07) is 15.1. The normalized spacial score (nSPS) is 11.3. The van der Waals surface area contributed by atoms with Crippen LogP contribution in [0.25, 0.3) is 11.1 Å². The quantitative estimate of drug-likeness (QED) is 0.659. The lowest BCUT2D eigenvalue weighted by Crippen LogP contribution is -2.13. The SMILES string of the molecule is COCc1cccc(NC(=O)c2cc(-c3cccc(C(F)(F)F)c3)ccn2)c1. The molecule has 1 N–H and O–H groups in total. The lowest BCUT2D eigenvalue weighted by Gasteiger charge is -2.10. The number of carbonyl (C=O) groups excluding carboxylic acids is 1. The molecule has 0 saturated heterocycles. The highest BCUT2D eigenvalue weighted by atomic mass is 19.4. The van der Waals surface area contributed by atoms with Crippen LogP contribution in [0.2, 0.25) is 0 Å². The number of anilines is 1. The standard InChI is InChI=1S/C21H17F3N2O2/c1-28-13-14-4-2-7-18(10-14)26-20(27)19-12-16(8-9-25-19)15-5-3-6-17(11-15)21(22,23)24/h2-12H,13H2,1H3,(H,26,27). The number of hydrogen-bond donors (Lipinski definition) is 1. The van der Waals surface area contributed by atoms with Gasteiger partial charge in [-0.05, 0) is 53.1 Å². The molecule has 0 saturated carbocycles. The van der Waals surface area contributed by atoms with Gasteiger partial charge in [-0.25, -0.2) is 0 Å². The number of alkyl halides is 3. The Kier molecular flexibility index (Phi) is 5.75. The molecule has 3 rings (SSSR count). The van der Waals surface area contributed by atoms with Crippen LogP contribution in [0.1, 0.15) is 21.6 Å². The number of benzene rings is 2. The first-order valence-corrected chi connectivity index (χ1v) is 8.40. The Hall–Kier alpha value is -3.19. The number of halogens is 3. The number of rotatable bonds is 5. The summed E-state index contributed by atoms with van der Waals surface area (Å²) in [5, 5.41) is 2.73. The molecule has 144 valence electrons. The Morgan fingerprint density at radius 2 is 1.79 bits per heavy atom. The van der Waals surface area contributed by atoms with Crippen LogP contribution in [-0.2, 0) is 17.5 Å². The van der Waals surface area contributed by atoms with Crippen LogP contribution in [0.4, 0.5) is 18.9 Å². The van der Waals surface area contributed by atoms with Gasteiger partial charge >= 0.3 is 6.18 Å². The Labute approximate surface area is 160 Å². The fraction of sp³-hybridized carbons (Fsp3) is 0.143. The largest absolute Gasteiger partial charge is 0.416 e. The molecule has 2 aromatic carbocycles. The summed E-state index contributed by atoms with van der Waals surface area (Å²) in [6.07, 6.45) is -3.04. The van der Waals surface area contributed by atoms with Gasteiger partial charge in [0.1, 0.15) is 5.69 Å². The number of ether oxygens (including phenoxy) is 1. The van der Waals surface area contributed by atoms with E-state index in [1.807, 2.05) is 6.07 Å². The monoisotopic (exact) mass is 386 g/mol. The van der Waals surface area contributed by atoms with E-state index in [9.17, 15) is 18.0 Å². The van der Waals surface area contributed by atoms with E-state index in [1.54, 1.807) is 37.4 Å². The average Bonchev–Trinajstić information content (AvgIpc) is 2.68. The maximum atomic E-state index is 12.9. The first kappa shape index (κ1) is 19.6. The third-order valence-corrected chi connectivity index (χ3v) is 4.01. The highest BCUT2D eigenvalue weighted by molar-refractivity contribution is 6.03. The molecule has 4 nitrogen and oxygen atoms in total. The summed E-state index contributed by atoms with van der Waals surface area (Å²) in [4.78, 5) is 16.5. The maximum Gasteiger partial charge on any atom is 0.416 e. The van der Waals surface area contributed by atoms with Crippen LogP contribution < -0.4 is 5.32 Å². The van der Waals surface area contributed by atoms with Crippen molar-refractivity contribution in [1.29, 1.82) is 0 Å². The van der Waals surface area contributed by atoms with Crippen molar-refractivity contribution in [3.63, 3.8) is 0 Å². The molecule has 0 fully saturated rings. The fourth-order valence-corrected chi connectivity index (χ4v) is 2.71. The topological polar surface area (TPSA) is 51.2 Å². The third-order valence-electron chi connectivity index (χ3n) is 4.01. The molecule has 0 aliphatic carbocycles. The van der Waals surface area contributed by atoms with Crippen molar-refractivity contribution in [2.75, 3.05) is 12.4 Å². The van der Waals surface area contributed by atoms with Gasteiger partial charge in [0.15, 0.2) is 0 Å². The minimum atomic E-state index is -4.43. The smallest absolute Gasteiger partial charge is 0.380 e. The number of nitrogens with one attached hydrogen (secondary N) is 1. The summed E-state index contributed by atoms with van der Waals surface area (Å²) >= 11 is 0. The van der Waals surface area contributed by atoms with Crippen LogP contribution in [0.5, 0.6) is 0 Å². The molecule has 0 atom stereocenters. The van der Waals surface area contributed by atoms with Crippen molar-refractivity contribution in [2.45, 2.75) is 12.8 Å². The van der Waals surface area contributed by atoms with Crippen LogP contribution >= 0.6 is 0 Å². The number of amides is 1. The Morgan fingerprint density at radius 3 is 2.54 bits per heavy atom. The molecule has 0 aliphatic rings. The molecule has 0 bridgehead atoms. The second-order valence-electron chi connectivity index (χ2n) is 6.10. The average molecular weight is 386 g/mol. The zero-order chi connectivity index (χ0) is 20.1. The van der Waals surface area contributed by atoms with Gasteiger partial charge in [0.05, 0.1) is 12.2 Å². The molecule has 0 unspecified atom stereocenters. The number of aromatic nitrogens is 1. The molecule has 0 radical (unpaired) electrons. The van der Waals surface area contributed by atoms with Crippen LogP contribution in [0.15, 0.2) is 66.9 Å². The van der Waals surface area contributed by atoms with Gasteiger partial charge in [-0.3, -0.25) is 9.78 Å². The highest BCUT2D eigenvalue weighted by Crippen LogP contribution is 2.32. The van der Waals surface area contributed by atoms with E-state index in [1.165, 1.54) is 18.3 Å². The molecule has 0 spiro atoms. The predicted octanol–water partition coefficient (Wildman–Crippen LogP) is 5.17. The Morgan fingerprint density at radius 1 is 1.04 bits per heavy atom. The van der Waals surface area contributed by atoms with E-state index in [2.05, 4.69) is 10.3 Å². The molecule has 3 aromatic rings. The highest BCUT2D eigenvalue weighted by Gasteiger charge is 2.30. The van der Waals surface area contributed by atoms with Crippen LogP contribution in [0, 0.1) is 0 Å². The minimum Gasteiger partial charge on any atom is -0.380 e. The van der Waals surface area contributed by atoms with Crippen molar-refractivity contribution in [3.05, 3.63) is 83.7 Å². The van der Waals surface area contributed by atoms with Crippen molar-refractivity contribution >= 4 is 11.6 Å². The van der Waals surface area contributed by atoms with Crippen molar-refractivity contribution in [3.8, 4) is 11.1 Å². The third kappa shape index (κ3) is 4.75. The van der Waals surface area contributed by atoms with Crippen molar-refractivity contribution in [2.24, 2.45) is 0 Å². The van der Waals surface area contributed by atoms with E-state index < -0.39 is 17.6 Å². The van der Waals surface area contributed by atoms with E-state index in [4.69, 9.17) is 4.74 Å². The minimum absolute atomic E-state index is 0.104. The van der Waals surface area contributed by atoms with Gasteiger partial charge in [0.25, 0.3) is 5.91 Å². The van der Waals surface area contributed by atoms with Gasteiger partial charge in [-0.1, -0.05) is 24.3 Å². The van der Waals surface area contributed by atoms with Gasteiger partial charge < -0.3 is 10.1 Å². The Balaban J connectivity index is 1.83. The van der Waals surface area contributed by atoms with Gasteiger partial charge in [-0.15, -0.1) is 0 Å². The second-order valence-corrected chi connectivity index (χ2v) is 6.10. The van der Waals surface area contributed by atoms with Crippen molar-refractivity contribution in [1.82, 2.24) is 4.98 Å². The molecule has 7 heteroatoms. The molecule has 1 aromatic heterocycles. The van der Waals surface area contributed by atoms with Gasteiger partial charge in [0, 0.05) is 19.0 Å². The predicted molar refractivity (Wildman–Crippen MR) is 99.8 cm³/mol. The summed E-state index contributed by atoms with van der Waals surface area (Å²) in [5.74, 6) is -0.455. The lowest BCUT2D eigenvalue weighted by molar-refractivity contribution is -0.137. The molecule has 1 heterocycles. The molecule has 0 aliphatic heterocycles. The lowest BCUT2D eigenvalue weighted by atomic mass is 10.0. The number of pyridine rings is 1. The zero-order valence-corrected chi connectivity index (χ0v) is 15.0. The summed E-state index contributed by atoms with van der Waals surface area (Å²) in [7, 11) is 1.58. The molecule has 1 amide bonds. The first-order chi connectivity index (χ1) is 13.4. The number of carbonyl (C=O) groups is 1. The summed E-state index contributed by atoms with van der Waals surface area (Å²) < 4.78 is 43.9. The van der Waals surface area contributed by atoms with Gasteiger partial charge in [0.2, 0.25) is 0 Å². The maximum absolute atomic E-state index is 12.9. The Bertz CT molecular complexity index is 987. The van der Waals surface area contributed by atoms with E-state index in [-0.39, 0.29) is 5.69 Å². The van der Waals surface area contributed by atoms with E-state index in [0.717, 1.165) is 17.7 Å². The number of methoxy groups -OCH3 is 1. The fourth-order valence-electron chi connectivity index (χ4n) is 2.71. The first-order valence-electron chi connectivity index (χ1n) is 8.40. The molecular weight excluding hydrogens is 369 g/mol. The summed E-state index contributed by atoms with van der Waals surface area (Å²) in [6.45, 7) is 0.410. The van der Waals surface area contributed by atoms with E-state index >= 15 is 0 Å². The van der Waals surface area contributed by atoms with Gasteiger partial charge in [-0.2, -0.15) is 13.2 Å². The second kappa shape index (κ2) is 8.22. The van der Waals surface area contributed by atoms with Crippen LogP contribution in [0.3, 0.4) is 0 Å². The molecular formula is C21H17F3N2O2. The van der Waals surface area contributed by atoms with Crippen molar-refractivity contribution < 1.29 is 22.7 Å². The summed E-state index contributed by atoms with van der Waals surface area (Å²) in [5.41, 5.74) is 1.65. The molecule has 28 heavy (non-hydrogen) atoms. The van der Waals surface area contributed by atoms with E-state index in [0.29, 0.717) is 23.4 Å². The van der Waals surface area contributed by atoms with Crippen LogP contribution in [-0.4, -0.2) is 18.0 Å². The number of hydrogen-bond acceptors (Lipinski definition) is 3. The zero-order valence-electron chi connectivity index (χ0n) is 15.0.